The lowest BCUT2D eigenvalue weighted by Crippen LogP contribution is -2.45. The highest BCUT2D eigenvalue weighted by atomic mass is 16.4. The third kappa shape index (κ3) is 7.48. The molecule has 6 heteroatoms. The molecule has 0 bridgehead atoms. The van der Waals surface area contributed by atoms with Gasteiger partial charge in [0.25, 0.3) is 0 Å². The molecule has 1 fully saturated rings. The van der Waals surface area contributed by atoms with E-state index in [1.807, 2.05) is 13.8 Å². The van der Waals surface area contributed by atoms with E-state index in [2.05, 4.69) is 10.6 Å². The highest BCUT2D eigenvalue weighted by Crippen LogP contribution is 2.23. The molecule has 6 nitrogen and oxygen atoms in total. The van der Waals surface area contributed by atoms with Gasteiger partial charge in [-0.1, -0.05) is 33.1 Å². The smallest absolute Gasteiger partial charge is 0.326 e. The summed E-state index contributed by atoms with van der Waals surface area (Å²) in [6.45, 7) is 5.60. The summed E-state index contributed by atoms with van der Waals surface area (Å²) in [6, 6.07) is -1.17. The summed E-state index contributed by atoms with van der Waals surface area (Å²) in [4.78, 5) is 35.3. The van der Waals surface area contributed by atoms with Crippen LogP contribution in [0.2, 0.25) is 0 Å². The van der Waals surface area contributed by atoms with Crippen LogP contribution in [0, 0.1) is 11.8 Å². The lowest BCUT2D eigenvalue weighted by Gasteiger charge is -2.23. The van der Waals surface area contributed by atoms with E-state index in [1.54, 1.807) is 6.92 Å². The van der Waals surface area contributed by atoms with E-state index in [-0.39, 0.29) is 36.1 Å². The molecule has 3 N–H and O–H groups in total. The quantitative estimate of drug-likeness (QED) is 0.636. The monoisotopic (exact) mass is 326 g/mol. The minimum absolute atomic E-state index is 0.0157. The second-order valence-corrected chi connectivity index (χ2v) is 7.04. The summed E-state index contributed by atoms with van der Waals surface area (Å²) in [5, 5.41) is 14.6. The number of aliphatic carboxylic acids is 1. The van der Waals surface area contributed by atoms with Gasteiger partial charge in [0.2, 0.25) is 11.8 Å². The Morgan fingerprint density at radius 1 is 1.04 bits per heavy atom. The van der Waals surface area contributed by atoms with Crippen molar-refractivity contribution in [2.45, 2.75) is 77.8 Å². The van der Waals surface area contributed by atoms with Crippen LogP contribution in [0.1, 0.15) is 65.7 Å². The fraction of sp³-hybridized carbons (Fsp3) is 0.824. The summed E-state index contributed by atoms with van der Waals surface area (Å²) in [5.41, 5.74) is 0. The first kappa shape index (κ1) is 19.5. The summed E-state index contributed by atoms with van der Waals surface area (Å²) >= 11 is 0. The van der Waals surface area contributed by atoms with Gasteiger partial charge in [-0.3, -0.25) is 9.59 Å². The van der Waals surface area contributed by atoms with Crippen LogP contribution in [0.25, 0.3) is 0 Å². The fourth-order valence-corrected chi connectivity index (χ4v) is 3.00. The van der Waals surface area contributed by atoms with Crippen molar-refractivity contribution >= 4 is 17.8 Å². The van der Waals surface area contributed by atoms with Gasteiger partial charge in [-0.05, 0) is 32.1 Å². The van der Waals surface area contributed by atoms with E-state index >= 15 is 0 Å². The predicted octanol–water partition coefficient (Wildman–Crippen LogP) is 2.08. The molecule has 0 aromatic carbocycles. The number of nitrogens with one attached hydrogen (secondary N) is 2. The number of carboxylic acids is 1. The maximum atomic E-state index is 12.1. The Hall–Kier alpha value is -1.59. The molecule has 1 aliphatic carbocycles. The van der Waals surface area contributed by atoms with Crippen molar-refractivity contribution in [2.24, 2.45) is 11.8 Å². The van der Waals surface area contributed by atoms with Crippen LogP contribution in [-0.2, 0) is 14.4 Å². The second-order valence-electron chi connectivity index (χ2n) is 7.04. The summed E-state index contributed by atoms with van der Waals surface area (Å²) in [5.74, 6) is -1.11. The van der Waals surface area contributed by atoms with Crippen molar-refractivity contribution in [2.75, 3.05) is 0 Å². The largest absolute Gasteiger partial charge is 0.480 e. The lowest BCUT2D eigenvalue weighted by molar-refractivity contribution is -0.142. The van der Waals surface area contributed by atoms with Gasteiger partial charge in [-0.2, -0.15) is 0 Å². The highest BCUT2D eigenvalue weighted by Gasteiger charge is 2.25. The zero-order chi connectivity index (χ0) is 17.4. The van der Waals surface area contributed by atoms with Crippen molar-refractivity contribution in [3.8, 4) is 0 Å². The molecule has 2 unspecified atom stereocenters. The number of hydrogen-bond donors (Lipinski definition) is 3. The molecule has 0 aromatic heterocycles. The van der Waals surface area contributed by atoms with Gasteiger partial charge in [-0.25, -0.2) is 4.79 Å². The van der Waals surface area contributed by atoms with Crippen LogP contribution >= 0.6 is 0 Å². The van der Waals surface area contributed by atoms with Gasteiger partial charge in [0, 0.05) is 18.4 Å². The molecule has 0 aromatic rings. The molecule has 132 valence electrons. The van der Waals surface area contributed by atoms with Crippen molar-refractivity contribution in [3.05, 3.63) is 0 Å². The Labute approximate surface area is 138 Å². The Morgan fingerprint density at radius 3 is 2.17 bits per heavy atom. The number of carbonyl (C=O) groups is 3. The maximum absolute atomic E-state index is 12.1. The number of carboxylic acid groups (broad SMARTS) is 1. The van der Waals surface area contributed by atoms with Crippen LogP contribution < -0.4 is 10.6 Å². The first-order chi connectivity index (χ1) is 10.8. The van der Waals surface area contributed by atoms with Crippen LogP contribution in [-0.4, -0.2) is 35.0 Å². The summed E-state index contributed by atoms with van der Waals surface area (Å²) in [7, 11) is 0. The zero-order valence-corrected chi connectivity index (χ0v) is 14.4. The zero-order valence-electron chi connectivity index (χ0n) is 14.4. The number of carbonyl (C=O) groups excluding carboxylic acids is 2. The van der Waals surface area contributed by atoms with Gasteiger partial charge < -0.3 is 15.7 Å². The van der Waals surface area contributed by atoms with E-state index < -0.39 is 12.0 Å². The molecule has 0 heterocycles. The third-order valence-electron chi connectivity index (χ3n) is 4.20. The maximum Gasteiger partial charge on any atom is 0.326 e. The van der Waals surface area contributed by atoms with E-state index in [0.29, 0.717) is 6.42 Å². The number of hydrogen-bond acceptors (Lipinski definition) is 3. The molecule has 0 radical (unpaired) electrons. The average molecular weight is 326 g/mol. The van der Waals surface area contributed by atoms with E-state index in [1.165, 1.54) is 6.42 Å². The normalized spacial score (nSPS) is 18.3. The topological polar surface area (TPSA) is 95.5 Å². The molecule has 1 aliphatic rings. The molecule has 2 atom stereocenters. The van der Waals surface area contributed by atoms with Crippen LogP contribution in [0.3, 0.4) is 0 Å². The van der Waals surface area contributed by atoms with Crippen molar-refractivity contribution in [3.63, 3.8) is 0 Å². The minimum atomic E-state index is -1.02. The number of rotatable bonds is 8. The molecular formula is C17H30N2O4. The minimum Gasteiger partial charge on any atom is -0.480 e. The van der Waals surface area contributed by atoms with Gasteiger partial charge in [0.15, 0.2) is 0 Å². The average Bonchev–Trinajstić information content (AvgIpc) is 2.46. The van der Waals surface area contributed by atoms with Gasteiger partial charge in [-0.15, -0.1) is 0 Å². The van der Waals surface area contributed by atoms with Gasteiger partial charge in [0.05, 0.1) is 0 Å². The van der Waals surface area contributed by atoms with Crippen molar-refractivity contribution in [1.29, 1.82) is 0 Å². The highest BCUT2D eigenvalue weighted by molar-refractivity contribution is 5.84. The standard InChI is InChI=1S/C17H30N2O4/c1-11(2)9-14(17(22)23)19-15(20)10-12(3)18-16(21)13-7-5-4-6-8-13/h11-14H,4-10H2,1-3H3,(H,18,21)(H,19,20)(H,22,23). The molecular weight excluding hydrogens is 296 g/mol. The number of amides is 2. The van der Waals surface area contributed by atoms with Crippen molar-refractivity contribution < 1.29 is 19.5 Å². The lowest BCUT2D eigenvalue weighted by atomic mass is 9.88. The van der Waals surface area contributed by atoms with Gasteiger partial charge >= 0.3 is 5.97 Å². The second kappa shape index (κ2) is 9.53. The molecule has 1 rings (SSSR count). The Bertz CT molecular complexity index is 417. The van der Waals surface area contributed by atoms with E-state index in [9.17, 15) is 14.4 Å². The van der Waals surface area contributed by atoms with E-state index in [0.717, 1.165) is 25.7 Å². The van der Waals surface area contributed by atoms with Crippen LogP contribution in [0.5, 0.6) is 0 Å². The van der Waals surface area contributed by atoms with Crippen LogP contribution in [0.15, 0.2) is 0 Å². The first-order valence-corrected chi connectivity index (χ1v) is 8.62. The first-order valence-electron chi connectivity index (χ1n) is 8.62. The molecule has 0 aliphatic heterocycles. The molecule has 1 saturated carbocycles. The Morgan fingerprint density at radius 2 is 1.65 bits per heavy atom. The summed E-state index contributed by atoms with van der Waals surface area (Å²) in [6.07, 6.45) is 5.68. The molecule has 0 saturated heterocycles. The fourth-order valence-electron chi connectivity index (χ4n) is 3.00. The third-order valence-corrected chi connectivity index (χ3v) is 4.20. The van der Waals surface area contributed by atoms with Crippen molar-refractivity contribution in [1.82, 2.24) is 10.6 Å². The van der Waals surface area contributed by atoms with Gasteiger partial charge in [0.1, 0.15) is 6.04 Å². The van der Waals surface area contributed by atoms with Crippen LogP contribution in [0.4, 0.5) is 0 Å². The Kier molecular flexibility index (Phi) is 8.06. The SMILES string of the molecule is CC(C)CC(NC(=O)CC(C)NC(=O)C1CCCCC1)C(=O)O. The molecule has 2 amide bonds. The summed E-state index contributed by atoms with van der Waals surface area (Å²) < 4.78 is 0. The molecule has 23 heavy (non-hydrogen) atoms. The molecule has 0 spiro atoms. The van der Waals surface area contributed by atoms with E-state index in [4.69, 9.17) is 5.11 Å². The Balaban J connectivity index is 2.39. The predicted molar refractivity (Wildman–Crippen MR) is 87.8 cm³/mol.